The quantitative estimate of drug-likeness (QED) is 0.785. The predicted molar refractivity (Wildman–Crippen MR) is 73.5 cm³/mol. The molecule has 2 N–H and O–H groups in total. The average molecular weight is 253 g/mol. The van der Waals surface area contributed by atoms with Gasteiger partial charge in [0.15, 0.2) is 0 Å². The minimum absolute atomic E-state index is 0.0815. The fourth-order valence-corrected chi connectivity index (χ4v) is 2.97. The van der Waals surface area contributed by atoms with Crippen LogP contribution >= 0.6 is 0 Å². The number of piperidine rings is 1. The molecule has 0 spiro atoms. The number of hydrogen-bond acceptors (Lipinski definition) is 3. The first kappa shape index (κ1) is 13.8. The van der Waals surface area contributed by atoms with Crippen LogP contribution in [0.5, 0.6) is 0 Å². The highest BCUT2D eigenvalue weighted by Gasteiger charge is 2.35. The molecular weight excluding hydrogens is 226 g/mol. The van der Waals surface area contributed by atoms with Crippen LogP contribution in [0.4, 0.5) is 0 Å². The first-order chi connectivity index (χ1) is 8.50. The van der Waals surface area contributed by atoms with Gasteiger partial charge in [-0.15, -0.1) is 0 Å². The largest absolute Gasteiger partial charge is 0.350 e. The molecule has 2 aliphatic heterocycles. The van der Waals surface area contributed by atoms with Crippen LogP contribution in [0.15, 0.2) is 0 Å². The fourth-order valence-electron chi connectivity index (χ4n) is 2.97. The van der Waals surface area contributed by atoms with Crippen molar-refractivity contribution < 1.29 is 4.79 Å². The Morgan fingerprint density at radius 1 is 1.44 bits per heavy atom. The second-order valence-corrected chi connectivity index (χ2v) is 6.44. The number of nitrogens with zero attached hydrogens (tertiary/aromatic N) is 1. The first-order valence-electron chi connectivity index (χ1n) is 7.27. The maximum absolute atomic E-state index is 12.0. The van der Waals surface area contributed by atoms with Crippen molar-refractivity contribution in [1.29, 1.82) is 0 Å². The SMILES string of the molecule is CCC(C)(C)NC(=O)CN1CC2CCCNC2C1. The molecule has 0 aromatic rings. The van der Waals surface area contributed by atoms with Crippen LogP contribution in [0, 0.1) is 5.92 Å². The van der Waals surface area contributed by atoms with Gasteiger partial charge in [0.1, 0.15) is 0 Å². The molecule has 1 amide bonds. The summed E-state index contributed by atoms with van der Waals surface area (Å²) in [6.45, 7) is 10.1. The standard InChI is InChI=1S/C14H27N3O/c1-4-14(2,3)16-13(18)10-17-8-11-6-5-7-15-12(11)9-17/h11-12,15H,4-10H2,1-3H3,(H,16,18). The number of nitrogens with one attached hydrogen (secondary N) is 2. The fraction of sp³-hybridized carbons (Fsp3) is 0.929. The minimum Gasteiger partial charge on any atom is -0.350 e. The van der Waals surface area contributed by atoms with E-state index in [2.05, 4.69) is 36.3 Å². The third-order valence-corrected chi connectivity index (χ3v) is 4.40. The van der Waals surface area contributed by atoms with Gasteiger partial charge in [-0.3, -0.25) is 9.69 Å². The van der Waals surface area contributed by atoms with Gasteiger partial charge in [0.25, 0.3) is 0 Å². The van der Waals surface area contributed by atoms with Crippen LogP contribution in [0.2, 0.25) is 0 Å². The summed E-state index contributed by atoms with van der Waals surface area (Å²) in [5.74, 6) is 0.922. The molecule has 18 heavy (non-hydrogen) atoms. The molecular formula is C14H27N3O. The molecule has 0 bridgehead atoms. The molecule has 0 saturated carbocycles. The zero-order chi connectivity index (χ0) is 13.2. The lowest BCUT2D eigenvalue weighted by molar-refractivity contribution is -0.123. The lowest BCUT2D eigenvalue weighted by Crippen LogP contribution is -2.47. The zero-order valence-electron chi connectivity index (χ0n) is 12.0. The Morgan fingerprint density at radius 2 is 2.22 bits per heavy atom. The molecule has 4 nitrogen and oxygen atoms in total. The van der Waals surface area contributed by atoms with Crippen molar-refractivity contribution in [1.82, 2.24) is 15.5 Å². The van der Waals surface area contributed by atoms with Gasteiger partial charge < -0.3 is 10.6 Å². The number of fused-ring (bicyclic) bond motifs is 1. The number of carbonyl (C=O) groups excluding carboxylic acids is 1. The Labute approximate surface area is 110 Å². The normalized spacial score (nSPS) is 29.1. The molecule has 2 heterocycles. The Hall–Kier alpha value is -0.610. The lowest BCUT2D eigenvalue weighted by Gasteiger charge is -2.26. The molecule has 2 fully saturated rings. The third kappa shape index (κ3) is 3.45. The van der Waals surface area contributed by atoms with Crippen molar-refractivity contribution in [2.45, 2.75) is 51.6 Å². The van der Waals surface area contributed by atoms with Gasteiger partial charge in [0.2, 0.25) is 5.91 Å². The van der Waals surface area contributed by atoms with Gasteiger partial charge in [0, 0.05) is 24.7 Å². The number of rotatable bonds is 4. The van der Waals surface area contributed by atoms with E-state index in [4.69, 9.17) is 0 Å². The van der Waals surface area contributed by atoms with Gasteiger partial charge in [0.05, 0.1) is 6.54 Å². The smallest absolute Gasteiger partial charge is 0.234 e. The van der Waals surface area contributed by atoms with Crippen molar-refractivity contribution in [3.8, 4) is 0 Å². The molecule has 2 rings (SSSR count). The highest BCUT2D eigenvalue weighted by atomic mass is 16.2. The average Bonchev–Trinajstić information content (AvgIpc) is 2.70. The summed E-state index contributed by atoms with van der Waals surface area (Å²) in [6.07, 6.45) is 3.56. The number of likely N-dealkylation sites (tertiary alicyclic amines) is 1. The number of hydrogen-bond donors (Lipinski definition) is 2. The van der Waals surface area contributed by atoms with Crippen LogP contribution in [0.3, 0.4) is 0 Å². The topological polar surface area (TPSA) is 44.4 Å². The van der Waals surface area contributed by atoms with Gasteiger partial charge in [-0.05, 0) is 45.6 Å². The van der Waals surface area contributed by atoms with E-state index in [1.807, 2.05) is 0 Å². The molecule has 4 heteroatoms. The predicted octanol–water partition coefficient (Wildman–Crippen LogP) is 0.975. The van der Waals surface area contributed by atoms with E-state index in [0.717, 1.165) is 32.0 Å². The van der Waals surface area contributed by atoms with Crippen LogP contribution < -0.4 is 10.6 Å². The minimum atomic E-state index is -0.0815. The summed E-state index contributed by atoms with van der Waals surface area (Å²) in [7, 11) is 0. The third-order valence-electron chi connectivity index (χ3n) is 4.40. The lowest BCUT2D eigenvalue weighted by atomic mass is 9.94. The van der Waals surface area contributed by atoms with E-state index in [9.17, 15) is 4.79 Å². The molecule has 2 unspecified atom stereocenters. The van der Waals surface area contributed by atoms with Gasteiger partial charge in [-0.25, -0.2) is 0 Å². The van der Waals surface area contributed by atoms with Crippen LogP contribution in [0.1, 0.15) is 40.0 Å². The molecule has 104 valence electrons. The zero-order valence-corrected chi connectivity index (χ0v) is 12.0. The van der Waals surface area contributed by atoms with E-state index in [0.29, 0.717) is 12.6 Å². The van der Waals surface area contributed by atoms with Crippen molar-refractivity contribution >= 4 is 5.91 Å². The Bertz CT molecular complexity index is 289. The molecule has 2 aliphatic rings. The highest BCUT2D eigenvalue weighted by molar-refractivity contribution is 5.78. The maximum Gasteiger partial charge on any atom is 0.234 e. The molecule has 0 aromatic carbocycles. The van der Waals surface area contributed by atoms with Gasteiger partial charge in [-0.2, -0.15) is 0 Å². The van der Waals surface area contributed by atoms with E-state index < -0.39 is 0 Å². The summed E-state index contributed by atoms with van der Waals surface area (Å²) in [6, 6.07) is 0.616. The van der Waals surface area contributed by atoms with E-state index >= 15 is 0 Å². The van der Waals surface area contributed by atoms with Crippen LogP contribution in [-0.4, -0.2) is 48.6 Å². The number of amides is 1. The molecule has 2 atom stereocenters. The van der Waals surface area contributed by atoms with Crippen LogP contribution in [-0.2, 0) is 4.79 Å². The molecule has 0 aliphatic carbocycles. The molecule has 2 saturated heterocycles. The summed E-state index contributed by atoms with van der Waals surface area (Å²) < 4.78 is 0. The Kier molecular flexibility index (Phi) is 4.28. The van der Waals surface area contributed by atoms with Crippen molar-refractivity contribution in [3.05, 3.63) is 0 Å². The summed E-state index contributed by atoms with van der Waals surface area (Å²) >= 11 is 0. The van der Waals surface area contributed by atoms with E-state index in [1.165, 1.54) is 12.8 Å². The van der Waals surface area contributed by atoms with Crippen LogP contribution in [0.25, 0.3) is 0 Å². The second kappa shape index (κ2) is 5.57. The Balaban J connectivity index is 1.78. The molecule has 0 aromatic heterocycles. The maximum atomic E-state index is 12.0. The first-order valence-corrected chi connectivity index (χ1v) is 7.27. The van der Waals surface area contributed by atoms with Crippen molar-refractivity contribution in [2.75, 3.05) is 26.2 Å². The summed E-state index contributed by atoms with van der Waals surface area (Å²) in [4.78, 5) is 14.3. The highest BCUT2D eigenvalue weighted by Crippen LogP contribution is 2.24. The summed E-state index contributed by atoms with van der Waals surface area (Å²) in [5, 5.41) is 6.68. The molecule has 0 radical (unpaired) electrons. The summed E-state index contributed by atoms with van der Waals surface area (Å²) in [5.41, 5.74) is -0.0815. The Morgan fingerprint density at radius 3 is 2.89 bits per heavy atom. The van der Waals surface area contributed by atoms with E-state index in [1.54, 1.807) is 0 Å². The number of carbonyl (C=O) groups is 1. The second-order valence-electron chi connectivity index (χ2n) is 6.44. The van der Waals surface area contributed by atoms with Crippen molar-refractivity contribution in [2.24, 2.45) is 5.92 Å². The van der Waals surface area contributed by atoms with Crippen molar-refractivity contribution in [3.63, 3.8) is 0 Å². The monoisotopic (exact) mass is 253 g/mol. The van der Waals surface area contributed by atoms with Gasteiger partial charge >= 0.3 is 0 Å². The van der Waals surface area contributed by atoms with E-state index in [-0.39, 0.29) is 11.4 Å². The van der Waals surface area contributed by atoms with Gasteiger partial charge in [-0.1, -0.05) is 6.92 Å².